The van der Waals surface area contributed by atoms with E-state index in [9.17, 15) is 18.8 Å². The highest BCUT2D eigenvalue weighted by Gasteiger charge is 2.44. The highest BCUT2D eigenvalue weighted by molar-refractivity contribution is 7.89. The molecule has 0 fully saturated rings. The van der Waals surface area contributed by atoms with Crippen LogP contribution in [0.3, 0.4) is 0 Å². The van der Waals surface area contributed by atoms with Gasteiger partial charge in [-0.3, -0.25) is 5.32 Å². The molecule has 0 spiro atoms. The largest absolute Gasteiger partial charge is 0.485 e. The molecule has 182 valence electrons. The van der Waals surface area contributed by atoms with Crippen molar-refractivity contribution in [1.29, 1.82) is 5.26 Å². The number of sulfonamides is 1. The van der Waals surface area contributed by atoms with E-state index in [2.05, 4.69) is 15.6 Å². The van der Waals surface area contributed by atoms with Crippen LogP contribution in [0.5, 0.6) is 5.75 Å². The van der Waals surface area contributed by atoms with Crippen molar-refractivity contribution in [2.45, 2.75) is 50.3 Å². The molecule has 0 aromatic heterocycles. The van der Waals surface area contributed by atoms with Gasteiger partial charge in [-0.2, -0.15) is 9.57 Å². The van der Waals surface area contributed by atoms with Gasteiger partial charge in [0.2, 0.25) is 16.0 Å². The Bertz CT molecular complexity index is 1200. The number of hydrogen-bond acceptors (Lipinski definition) is 6. The lowest BCUT2D eigenvalue weighted by molar-refractivity contribution is -0.0568. The van der Waals surface area contributed by atoms with Crippen LogP contribution in [0.4, 0.5) is 5.69 Å². The number of aliphatic imine (C=N–C) groups is 1. The number of nitrogens with one attached hydrogen (secondary N) is 2. The number of aliphatic hydroxyl groups excluding tert-OH is 1. The fraction of sp³-hybridized carbons (Fsp3) is 0.391. The van der Waals surface area contributed by atoms with Crippen molar-refractivity contribution in [1.82, 2.24) is 9.62 Å². The van der Waals surface area contributed by atoms with Crippen LogP contribution >= 0.6 is 11.6 Å². The molecule has 1 heterocycles. The molecule has 0 saturated carbocycles. The first-order chi connectivity index (χ1) is 16.0. The lowest BCUT2D eigenvalue weighted by Crippen LogP contribution is -2.49. The quantitative estimate of drug-likeness (QED) is 0.237. The van der Waals surface area contributed by atoms with Gasteiger partial charge in [0.25, 0.3) is 0 Å². The van der Waals surface area contributed by atoms with E-state index in [1.165, 1.54) is 16.4 Å². The minimum absolute atomic E-state index is 0.0751. The summed E-state index contributed by atoms with van der Waals surface area (Å²) in [6.45, 7) is 7.62. The highest BCUT2D eigenvalue weighted by Crippen LogP contribution is 2.43. The summed E-state index contributed by atoms with van der Waals surface area (Å²) >= 11 is 5.94. The molecule has 0 radical (unpaired) electrons. The molecule has 0 amide bonds. The zero-order chi connectivity index (χ0) is 25.1. The van der Waals surface area contributed by atoms with Crippen LogP contribution in [-0.2, 0) is 10.0 Å². The third kappa shape index (κ3) is 5.28. The SMILES string of the molecule is CCN(CC)S(=O)(=O)c1ccc2c(c1)C(/N=C(/NC#N)Nc1ccc(Cl)cc1)C(O)C(C)(C)O2. The van der Waals surface area contributed by atoms with Gasteiger partial charge in [0.1, 0.15) is 23.5 Å². The average molecular weight is 506 g/mol. The first-order valence-electron chi connectivity index (χ1n) is 10.8. The summed E-state index contributed by atoms with van der Waals surface area (Å²) in [5, 5.41) is 26.4. The van der Waals surface area contributed by atoms with Crippen molar-refractivity contribution in [2.24, 2.45) is 4.99 Å². The molecule has 0 saturated heterocycles. The number of benzene rings is 2. The van der Waals surface area contributed by atoms with E-state index in [4.69, 9.17) is 16.3 Å². The Morgan fingerprint density at radius 3 is 2.47 bits per heavy atom. The van der Waals surface area contributed by atoms with Crippen LogP contribution in [0.15, 0.2) is 52.4 Å². The van der Waals surface area contributed by atoms with Crippen LogP contribution in [0.25, 0.3) is 0 Å². The molecule has 3 N–H and O–H groups in total. The minimum Gasteiger partial charge on any atom is -0.485 e. The molecule has 11 heteroatoms. The van der Waals surface area contributed by atoms with E-state index in [1.54, 1.807) is 58.0 Å². The third-order valence-corrected chi connectivity index (χ3v) is 7.87. The molecular weight excluding hydrogens is 478 g/mol. The number of guanidine groups is 1. The lowest BCUT2D eigenvalue weighted by atomic mass is 9.87. The zero-order valence-electron chi connectivity index (χ0n) is 19.4. The van der Waals surface area contributed by atoms with E-state index in [0.717, 1.165) is 0 Å². The summed E-state index contributed by atoms with van der Waals surface area (Å²) in [5.74, 6) is 0.486. The van der Waals surface area contributed by atoms with Gasteiger partial charge in [-0.1, -0.05) is 25.4 Å². The number of nitriles is 1. The normalized spacial score (nSPS) is 19.6. The number of anilines is 1. The van der Waals surface area contributed by atoms with Crippen molar-refractivity contribution in [2.75, 3.05) is 18.4 Å². The fourth-order valence-corrected chi connectivity index (χ4v) is 5.34. The molecule has 9 nitrogen and oxygen atoms in total. The van der Waals surface area contributed by atoms with Gasteiger partial charge < -0.3 is 15.2 Å². The lowest BCUT2D eigenvalue weighted by Gasteiger charge is -2.40. The topological polar surface area (TPSA) is 127 Å². The Hall–Kier alpha value is -2.84. The number of nitrogens with zero attached hydrogens (tertiary/aromatic N) is 3. The summed E-state index contributed by atoms with van der Waals surface area (Å²) in [4.78, 5) is 4.64. The maximum absolute atomic E-state index is 13.1. The Morgan fingerprint density at radius 1 is 1.24 bits per heavy atom. The molecule has 3 rings (SSSR count). The Balaban J connectivity index is 2.10. The molecule has 1 aliphatic rings. The van der Waals surface area contributed by atoms with Gasteiger partial charge in [-0.05, 0) is 56.3 Å². The number of hydrogen-bond donors (Lipinski definition) is 3. The second-order valence-corrected chi connectivity index (χ2v) is 10.6. The van der Waals surface area contributed by atoms with Crippen molar-refractivity contribution in [3.05, 3.63) is 53.1 Å². The summed E-state index contributed by atoms with van der Waals surface area (Å²) in [7, 11) is -3.74. The van der Waals surface area contributed by atoms with Crippen molar-refractivity contribution in [3.63, 3.8) is 0 Å². The predicted molar refractivity (Wildman–Crippen MR) is 131 cm³/mol. The molecule has 1 aliphatic heterocycles. The fourth-order valence-electron chi connectivity index (χ4n) is 3.72. The zero-order valence-corrected chi connectivity index (χ0v) is 21.0. The third-order valence-electron chi connectivity index (χ3n) is 5.58. The molecule has 0 bridgehead atoms. The van der Waals surface area contributed by atoms with Gasteiger partial charge in [-0.15, -0.1) is 0 Å². The maximum atomic E-state index is 13.1. The second kappa shape index (κ2) is 10.2. The van der Waals surface area contributed by atoms with Gasteiger partial charge in [0.05, 0.1) is 4.90 Å². The highest BCUT2D eigenvalue weighted by atomic mass is 35.5. The number of halogens is 1. The first kappa shape index (κ1) is 25.8. The van der Waals surface area contributed by atoms with Crippen LogP contribution in [0.2, 0.25) is 5.02 Å². The van der Waals surface area contributed by atoms with Gasteiger partial charge in [0, 0.05) is 29.4 Å². The van der Waals surface area contributed by atoms with Crippen LogP contribution < -0.4 is 15.4 Å². The van der Waals surface area contributed by atoms with E-state index < -0.39 is 27.8 Å². The molecule has 34 heavy (non-hydrogen) atoms. The first-order valence-corrected chi connectivity index (χ1v) is 12.6. The smallest absolute Gasteiger partial charge is 0.243 e. The van der Waals surface area contributed by atoms with Crippen LogP contribution in [-0.4, -0.2) is 48.6 Å². The molecule has 2 aromatic rings. The molecule has 2 atom stereocenters. The Labute approximate surface area is 205 Å². The van der Waals surface area contributed by atoms with Crippen molar-refractivity contribution in [3.8, 4) is 11.9 Å². The van der Waals surface area contributed by atoms with E-state index in [1.807, 2.05) is 6.19 Å². The molecule has 2 unspecified atom stereocenters. The number of fused-ring (bicyclic) bond motifs is 1. The molecule has 0 aliphatic carbocycles. The van der Waals surface area contributed by atoms with E-state index >= 15 is 0 Å². The minimum atomic E-state index is -3.74. The van der Waals surface area contributed by atoms with Gasteiger partial charge in [0.15, 0.2) is 6.19 Å². The standard InChI is InChI=1S/C23H28ClN5O4S/c1-5-29(6-2)34(31,32)17-11-12-19-18(13-17)20(21(30)23(3,4)33-19)28-22(26-14-25)27-16-9-7-15(24)8-10-16/h7-13,20-21,30H,5-6H2,1-4H3,(H2,26,27,28). The number of aliphatic hydroxyl groups is 1. The van der Waals surface area contributed by atoms with Crippen molar-refractivity contribution >= 4 is 33.3 Å². The van der Waals surface area contributed by atoms with Gasteiger partial charge in [-0.25, -0.2) is 13.4 Å². The van der Waals surface area contributed by atoms with Gasteiger partial charge >= 0.3 is 0 Å². The van der Waals surface area contributed by atoms with Crippen molar-refractivity contribution < 1.29 is 18.3 Å². The predicted octanol–water partition coefficient (Wildman–Crippen LogP) is 3.48. The summed E-state index contributed by atoms with van der Waals surface area (Å²) < 4.78 is 33.5. The Morgan fingerprint density at radius 2 is 1.88 bits per heavy atom. The number of rotatable bonds is 6. The monoisotopic (exact) mass is 505 g/mol. The molecule has 2 aromatic carbocycles. The Kier molecular flexibility index (Phi) is 7.73. The van der Waals surface area contributed by atoms with E-state index in [0.29, 0.717) is 35.1 Å². The van der Waals surface area contributed by atoms with E-state index in [-0.39, 0.29) is 10.9 Å². The van der Waals surface area contributed by atoms with Crippen LogP contribution in [0, 0.1) is 11.5 Å². The maximum Gasteiger partial charge on any atom is 0.243 e. The number of ether oxygens (including phenoxy) is 1. The summed E-state index contributed by atoms with van der Waals surface area (Å²) in [6, 6.07) is 10.4. The molecular formula is C23H28ClN5O4S. The second-order valence-electron chi connectivity index (χ2n) is 8.23. The average Bonchev–Trinajstić information content (AvgIpc) is 2.78. The summed E-state index contributed by atoms with van der Waals surface area (Å²) in [5.41, 5.74) is -0.00153. The summed E-state index contributed by atoms with van der Waals surface area (Å²) in [6.07, 6.45) is 0.699. The van der Waals surface area contributed by atoms with Crippen LogP contribution in [0.1, 0.15) is 39.3 Å².